The molecule has 2 aromatic carbocycles. The fourth-order valence-electron chi connectivity index (χ4n) is 2.14. The van der Waals surface area contributed by atoms with E-state index in [1.54, 1.807) is 55.6 Å². The molecule has 0 aromatic heterocycles. The summed E-state index contributed by atoms with van der Waals surface area (Å²) >= 11 is 0. The highest BCUT2D eigenvalue weighted by atomic mass is 16.5. The van der Waals surface area contributed by atoms with Crippen LogP contribution in [-0.2, 0) is 9.59 Å². The van der Waals surface area contributed by atoms with Gasteiger partial charge in [0.1, 0.15) is 5.75 Å². The summed E-state index contributed by atoms with van der Waals surface area (Å²) in [4.78, 5) is 35.5. The van der Waals surface area contributed by atoms with Crippen molar-refractivity contribution in [3.05, 3.63) is 60.2 Å². The maximum atomic E-state index is 12.0. The van der Waals surface area contributed by atoms with Gasteiger partial charge in [-0.25, -0.2) is 0 Å². The third-order valence-electron chi connectivity index (χ3n) is 3.49. The average molecular weight is 340 g/mol. The van der Waals surface area contributed by atoms with Gasteiger partial charge >= 0.3 is 0 Å². The Labute approximate surface area is 146 Å². The Hall–Kier alpha value is -3.15. The lowest BCUT2D eigenvalue weighted by Crippen LogP contribution is -2.33. The highest BCUT2D eigenvalue weighted by Crippen LogP contribution is 2.13. The Morgan fingerprint density at radius 3 is 2.20 bits per heavy atom. The second-order valence-electron chi connectivity index (χ2n) is 5.34. The zero-order chi connectivity index (χ0) is 18.1. The summed E-state index contributed by atoms with van der Waals surface area (Å²) in [5.41, 5.74) is 1.19. The molecule has 0 aliphatic carbocycles. The van der Waals surface area contributed by atoms with Gasteiger partial charge in [0.2, 0.25) is 11.8 Å². The molecule has 2 rings (SSSR count). The van der Waals surface area contributed by atoms with Crippen LogP contribution in [0.15, 0.2) is 54.6 Å². The molecule has 130 valence electrons. The van der Waals surface area contributed by atoms with E-state index in [0.717, 1.165) is 0 Å². The molecular weight excluding hydrogens is 320 g/mol. The van der Waals surface area contributed by atoms with Gasteiger partial charge in [-0.05, 0) is 36.4 Å². The van der Waals surface area contributed by atoms with E-state index in [2.05, 4.69) is 10.6 Å². The SMILES string of the molecule is COc1ccc(C(=O)CCC(=O)NCC(=O)Nc2ccccc2)cc1. The molecule has 0 heterocycles. The Morgan fingerprint density at radius 2 is 1.56 bits per heavy atom. The lowest BCUT2D eigenvalue weighted by Gasteiger charge is -2.07. The molecule has 0 spiro atoms. The van der Waals surface area contributed by atoms with E-state index in [1.807, 2.05) is 6.07 Å². The number of Topliss-reactive ketones (excluding diaryl/α,β-unsaturated/α-hetero) is 1. The Bertz CT molecular complexity index is 727. The van der Waals surface area contributed by atoms with Crippen LogP contribution in [0.1, 0.15) is 23.2 Å². The molecule has 0 radical (unpaired) electrons. The van der Waals surface area contributed by atoms with Gasteiger partial charge in [-0.3, -0.25) is 14.4 Å². The number of ether oxygens (including phenoxy) is 1. The number of hydrogen-bond acceptors (Lipinski definition) is 4. The molecule has 6 heteroatoms. The van der Waals surface area contributed by atoms with Crippen LogP contribution in [0.25, 0.3) is 0 Å². The van der Waals surface area contributed by atoms with Crippen LogP contribution in [0.4, 0.5) is 5.69 Å². The van der Waals surface area contributed by atoms with Crippen LogP contribution >= 0.6 is 0 Å². The first-order chi connectivity index (χ1) is 12.1. The molecular formula is C19H20N2O4. The van der Waals surface area contributed by atoms with E-state index in [4.69, 9.17) is 4.74 Å². The normalized spacial score (nSPS) is 9.96. The van der Waals surface area contributed by atoms with Crippen LogP contribution in [-0.4, -0.2) is 31.3 Å². The van der Waals surface area contributed by atoms with Crippen molar-refractivity contribution in [3.63, 3.8) is 0 Å². The Balaban J connectivity index is 1.71. The fourth-order valence-corrected chi connectivity index (χ4v) is 2.14. The first-order valence-corrected chi connectivity index (χ1v) is 7.87. The smallest absolute Gasteiger partial charge is 0.243 e. The summed E-state index contributed by atoms with van der Waals surface area (Å²) in [6.45, 7) is -0.134. The summed E-state index contributed by atoms with van der Waals surface area (Å²) in [5.74, 6) is -0.128. The first kappa shape index (κ1) is 18.2. The van der Waals surface area contributed by atoms with Crippen molar-refractivity contribution in [2.45, 2.75) is 12.8 Å². The molecule has 0 aliphatic rings. The number of amides is 2. The monoisotopic (exact) mass is 340 g/mol. The summed E-state index contributed by atoms with van der Waals surface area (Å²) in [6.07, 6.45) is 0.113. The molecule has 2 aromatic rings. The molecule has 0 bridgehead atoms. The van der Waals surface area contributed by atoms with Crippen molar-refractivity contribution >= 4 is 23.3 Å². The van der Waals surface area contributed by atoms with Gasteiger partial charge in [-0.15, -0.1) is 0 Å². The summed E-state index contributed by atoms with van der Waals surface area (Å²) in [7, 11) is 1.55. The van der Waals surface area contributed by atoms with Gasteiger partial charge in [0.25, 0.3) is 0 Å². The van der Waals surface area contributed by atoms with Crippen LogP contribution in [0, 0.1) is 0 Å². The molecule has 6 nitrogen and oxygen atoms in total. The van der Waals surface area contributed by atoms with E-state index >= 15 is 0 Å². The van der Waals surface area contributed by atoms with Crippen molar-refractivity contribution in [1.29, 1.82) is 0 Å². The van der Waals surface area contributed by atoms with Gasteiger partial charge in [-0.2, -0.15) is 0 Å². The van der Waals surface area contributed by atoms with Crippen molar-refractivity contribution in [2.24, 2.45) is 0 Å². The number of para-hydroxylation sites is 1. The van der Waals surface area contributed by atoms with Crippen molar-refractivity contribution in [3.8, 4) is 5.75 Å². The maximum Gasteiger partial charge on any atom is 0.243 e. The van der Waals surface area contributed by atoms with E-state index in [9.17, 15) is 14.4 Å². The molecule has 0 aliphatic heterocycles. The van der Waals surface area contributed by atoms with Crippen molar-refractivity contribution in [1.82, 2.24) is 5.32 Å². The maximum absolute atomic E-state index is 12.0. The first-order valence-electron chi connectivity index (χ1n) is 7.87. The standard InChI is InChI=1S/C19H20N2O4/c1-25-16-9-7-14(8-10-16)17(22)11-12-18(23)20-13-19(24)21-15-5-3-2-4-6-15/h2-10H,11-13H2,1H3,(H,20,23)(H,21,24). The molecule has 0 saturated carbocycles. The summed E-state index contributed by atoms with van der Waals surface area (Å²) in [6, 6.07) is 15.7. The van der Waals surface area contributed by atoms with E-state index < -0.39 is 0 Å². The number of benzene rings is 2. The lowest BCUT2D eigenvalue weighted by atomic mass is 10.1. The average Bonchev–Trinajstić information content (AvgIpc) is 2.65. The second-order valence-corrected chi connectivity index (χ2v) is 5.34. The topological polar surface area (TPSA) is 84.5 Å². The predicted octanol–water partition coefficient (Wildman–Crippen LogP) is 2.41. The third-order valence-corrected chi connectivity index (χ3v) is 3.49. The second kappa shape index (κ2) is 9.22. The Morgan fingerprint density at radius 1 is 0.880 bits per heavy atom. The van der Waals surface area contributed by atoms with Gasteiger partial charge in [0, 0.05) is 24.1 Å². The van der Waals surface area contributed by atoms with Crippen LogP contribution in [0.2, 0.25) is 0 Å². The molecule has 0 unspecified atom stereocenters. The zero-order valence-corrected chi connectivity index (χ0v) is 14.0. The zero-order valence-electron chi connectivity index (χ0n) is 14.0. The molecule has 25 heavy (non-hydrogen) atoms. The highest BCUT2D eigenvalue weighted by molar-refractivity contribution is 5.99. The van der Waals surface area contributed by atoms with Gasteiger partial charge in [-0.1, -0.05) is 18.2 Å². The largest absolute Gasteiger partial charge is 0.497 e. The summed E-state index contributed by atoms with van der Waals surface area (Å²) < 4.78 is 5.03. The highest BCUT2D eigenvalue weighted by Gasteiger charge is 2.10. The van der Waals surface area contributed by atoms with E-state index in [0.29, 0.717) is 17.0 Å². The molecule has 2 amide bonds. The van der Waals surface area contributed by atoms with Crippen molar-refractivity contribution < 1.29 is 19.1 Å². The quantitative estimate of drug-likeness (QED) is 0.723. The van der Waals surface area contributed by atoms with Crippen molar-refractivity contribution in [2.75, 3.05) is 19.0 Å². The number of carbonyl (C=O) groups excluding carboxylic acids is 3. The van der Waals surface area contributed by atoms with Crippen LogP contribution in [0.5, 0.6) is 5.75 Å². The summed E-state index contributed by atoms with van der Waals surface area (Å²) in [5, 5.41) is 5.17. The lowest BCUT2D eigenvalue weighted by molar-refractivity contribution is -0.124. The van der Waals surface area contributed by atoms with E-state index in [1.165, 1.54) is 0 Å². The minimum Gasteiger partial charge on any atom is -0.497 e. The van der Waals surface area contributed by atoms with Gasteiger partial charge in [0.15, 0.2) is 5.78 Å². The number of nitrogens with one attached hydrogen (secondary N) is 2. The minimum absolute atomic E-state index is 0.0312. The molecule has 0 fully saturated rings. The number of carbonyl (C=O) groups is 3. The van der Waals surface area contributed by atoms with Crippen LogP contribution in [0.3, 0.4) is 0 Å². The predicted molar refractivity (Wildman–Crippen MR) is 94.6 cm³/mol. The Kier molecular flexibility index (Phi) is 6.71. The number of ketones is 1. The van der Waals surface area contributed by atoms with Gasteiger partial charge in [0.05, 0.1) is 13.7 Å². The fraction of sp³-hybridized carbons (Fsp3) is 0.211. The molecule has 0 saturated heterocycles. The minimum atomic E-state index is -0.343. The molecule has 2 N–H and O–H groups in total. The number of rotatable bonds is 8. The van der Waals surface area contributed by atoms with Gasteiger partial charge < -0.3 is 15.4 Å². The van der Waals surface area contributed by atoms with Crippen LogP contribution < -0.4 is 15.4 Å². The third kappa shape index (κ3) is 6.10. The number of hydrogen-bond donors (Lipinski definition) is 2. The molecule has 0 atom stereocenters. The van der Waals surface area contributed by atoms with E-state index in [-0.39, 0.29) is 37.0 Å². The number of methoxy groups -OCH3 is 1. The number of anilines is 1.